The van der Waals surface area contributed by atoms with Gasteiger partial charge < -0.3 is 24.3 Å². The van der Waals surface area contributed by atoms with Crippen LogP contribution in [0.2, 0.25) is 0 Å². The first-order valence-electron chi connectivity index (χ1n) is 10.3. The van der Waals surface area contributed by atoms with Gasteiger partial charge in [-0.15, -0.1) is 0 Å². The van der Waals surface area contributed by atoms with Gasteiger partial charge in [-0.05, 0) is 42.3 Å². The quantitative estimate of drug-likeness (QED) is 0.309. The van der Waals surface area contributed by atoms with E-state index in [0.29, 0.717) is 40.5 Å². The maximum Gasteiger partial charge on any atom is 0.331 e. The molecule has 1 amide bonds. The van der Waals surface area contributed by atoms with Crippen LogP contribution in [0.5, 0.6) is 17.2 Å². The van der Waals surface area contributed by atoms with Crippen LogP contribution in [0, 0.1) is 5.92 Å². The molecule has 0 aromatic heterocycles. The topological polar surface area (TPSA) is 100 Å². The third kappa shape index (κ3) is 7.68. The minimum atomic E-state index is -0.683. The second kappa shape index (κ2) is 12.3. The normalized spacial score (nSPS) is 10.7. The number of ketones is 1. The Kier molecular flexibility index (Phi) is 9.47. The van der Waals surface area contributed by atoms with Crippen LogP contribution in [0.3, 0.4) is 0 Å². The third-order valence-electron chi connectivity index (χ3n) is 4.56. The first-order chi connectivity index (χ1) is 15.8. The van der Waals surface area contributed by atoms with Crippen LogP contribution in [0.15, 0.2) is 42.5 Å². The minimum Gasteiger partial charge on any atom is -0.496 e. The van der Waals surface area contributed by atoms with Crippen molar-refractivity contribution in [2.24, 2.45) is 5.92 Å². The Hall–Kier alpha value is -3.81. The summed E-state index contributed by atoms with van der Waals surface area (Å²) in [5.41, 5.74) is 1.55. The molecule has 8 heteroatoms. The van der Waals surface area contributed by atoms with E-state index in [0.717, 1.165) is 0 Å². The van der Waals surface area contributed by atoms with Crippen LogP contribution < -0.4 is 19.5 Å². The molecular weight excluding hydrogens is 426 g/mol. The lowest BCUT2D eigenvalue weighted by molar-refractivity contribution is -0.136. The van der Waals surface area contributed by atoms with E-state index in [1.165, 1.54) is 33.5 Å². The van der Waals surface area contributed by atoms with Gasteiger partial charge in [0.1, 0.15) is 5.75 Å². The van der Waals surface area contributed by atoms with Gasteiger partial charge in [0.25, 0.3) is 0 Å². The van der Waals surface area contributed by atoms with Gasteiger partial charge in [-0.3, -0.25) is 9.59 Å². The van der Waals surface area contributed by atoms with Crippen molar-refractivity contribution in [3.63, 3.8) is 0 Å². The number of amides is 1. The molecule has 0 spiro atoms. The molecule has 0 aliphatic carbocycles. The van der Waals surface area contributed by atoms with Crippen LogP contribution in [-0.2, 0) is 14.3 Å². The zero-order valence-electron chi connectivity index (χ0n) is 19.5. The predicted octanol–water partition coefficient (Wildman–Crippen LogP) is 4.14. The van der Waals surface area contributed by atoms with E-state index in [1.54, 1.807) is 36.4 Å². The fraction of sp³-hybridized carbons (Fsp3) is 0.320. The molecule has 0 heterocycles. The summed E-state index contributed by atoms with van der Waals surface area (Å²) in [7, 11) is 4.51. The number of rotatable bonds is 11. The molecule has 2 aromatic carbocycles. The Bertz CT molecular complexity index is 1010. The molecule has 2 rings (SSSR count). The Balaban J connectivity index is 1.95. The lowest BCUT2D eigenvalue weighted by atomic mass is 10.1. The molecule has 0 unspecified atom stereocenters. The van der Waals surface area contributed by atoms with Gasteiger partial charge in [0.15, 0.2) is 23.9 Å². The van der Waals surface area contributed by atoms with Gasteiger partial charge in [-0.25, -0.2) is 4.79 Å². The summed E-state index contributed by atoms with van der Waals surface area (Å²) < 4.78 is 20.8. The number of esters is 1. The number of hydrogen-bond donors (Lipinski definition) is 1. The highest BCUT2D eigenvalue weighted by Crippen LogP contribution is 2.35. The molecule has 176 valence electrons. The third-order valence-corrected chi connectivity index (χ3v) is 4.56. The van der Waals surface area contributed by atoms with Crippen LogP contribution >= 0.6 is 0 Å². The molecule has 2 aromatic rings. The van der Waals surface area contributed by atoms with Gasteiger partial charge in [-0.2, -0.15) is 0 Å². The van der Waals surface area contributed by atoms with E-state index in [1.807, 2.05) is 13.8 Å². The maximum absolute atomic E-state index is 12.3. The van der Waals surface area contributed by atoms with Gasteiger partial charge in [0.2, 0.25) is 5.91 Å². The first kappa shape index (κ1) is 25.5. The molecule has 0 radical (unpaired) electrons. The summed E-state index contributed by atoms with van der Waals surface area (Å²) in [6.45, 7) is 3.51. The van der Waals surface area contributed by atoms with Crippen molar-refractivity contribution in [1.29, 1.82) is 0 Å². The molecule has 0 saturated heterocycles. The summed E-state index contributed by atoms with van der Waals surface area (Å²) in [5, 5.41) is 2.77. The van der Waals surface area contributed by atoms with Crippen LogP contribution in [0.1, 0.15) is 36.2 Å². The zero-order valence-corrected chi connectivity index (χ0v) is 19.5. The minimum absolute atomic E-state index is 0.0871. The number of benzene rings is 2. The second-order valence-corrected chi connectivity index (χ2v) is 7.54. The first-order valence-corrected chi connectivity index (χ1v) is 10.3. The Morgan fingerprint density at radius 2 is 1.52 bits per heavy atom. The predicted molar refractivity (Wildman–Crippen MR) is 125 cm³/mol. The van der Waals surface area contributed by atoms with E-state index < -0.39 is 12.6 Å². The smallest absolute Gasteiger partial charge is 0.331 e. The maximum atomic E-state index is 12.3. The molecule has 0 bridgehead atoms. The van der Waals surface area contributed by atoms with Crippen molar-refractivity contribution >= 4 is 29.4 Å². The number of ether oxygens (including phenoxy) is 4. The molecule has 0 saturated carbocycles. The van der Waals surface area contributed by atoms with Crippen LogP contribution in [-0.4, -0.2) is 45.6 Å². The van der Waals surface area contributed by atoms with Gasteiger partial charge in [-0.1, -0.05) is 13.8 Å². The molecule has 0 fully saturated rings. The molecule has 0 atom stereocenters. The molecule has 0 aliphatic heterocycles. The van der Waals surface area contributed by atoms with E-state index in [4.69, 9.17) is 18.9 Å². The molecular formula is C25H29NO7. The number of anilines is 1. The number of Topliss-reactive ketones (excluding diaryl/α,β-unsaturated/α-hetero) is 1. The lowest BCUT2D eigenvalue weighted by Gasteiger charge is -2.12. The van der Waals surface area contributed by atoms with Crippen molar-refractivity contribution in [1.82, 2.24) is 0 Å². The van der Waals surface area contributed by atoms with Crippen LogP contribution in [0.25, 0.3) is 6.08 Å². The average Bonchev–Trinajstić information content (AvgIpc) is 2.80. The van der Waals surface area contributed by atoms with Gasteiger partial charge in [0, 0.05) is 35.4 Å². The van der Waals surface area contributed by atoms with E-state index in [-0.39, 0.29) is 17.6 Å². The Morgan fingerprint density at radius 3 is 2.09 bits per heavy atom. The second-order valence-electron chi connectivity index (χ2n) is 7.54. The highest BCUT2D eigenvalue weighted by Gasteiger charge is 2.12. The fourth-order valence-electron chi connectivity index (χ4n) is 2.93. The van der Waals surface area contributed by atoms with E-state index in [9.17, 15) is 14.4 Å². The number of methoxy groups -OCH3 is 3. The Labute approximate surface area is 193 Å². The van der Waals surface area contributed by atoms with Crippen molar-refractivity contribution in [3.8, 4) is 17.2 Å². The summed E-state index contributed by atoms with van der Waals surface area (Å²) >= 11 is 0. The van der Waals surface area contributed by atoms with E-state index >= 15 is 0 Å². The number of carbonyl (C=O) groups excluding carboxylic acids is 3. The summed E-state index contributed by atoms with van der Waals surface area (Å²) in [5.74, 6) is 0.570. The average molecular weight is 456 g/mol. The standard InChI is InChI=1S/C25H29NO7/c1-16(2)12-24(28)26-19-9-6-17(7-10-19)20(27)15-33-25(29)11-8-18-13-22(31-4)23(32-5)14-21(18)30-3/h6-11,13-14,16H,12,15H2,1-5H3,(H,26,28)/b11-8+. The van der Waals surface area contributed by atoms with Gasteiger partial charge >= 0.3 is 5.97 Å². The highest BCUT2D eigenvalue weighted by atomic mass is 16.5. The van der Waals surface area contributed by atoms with Crippen molar-refractivity contribution in [3.05, 3.63) is 53.6 Å². The zero-order chi connectivity index (χ0) is 24.4. The molecule has 8 nitrogen and oxygen atoms in total. The summed E-state index contributed by atoms with van der Waals surface area (Å²) in [6.07, 6.45) is 3.12. The SMILES string of the molecule is COc1cc(OC)c(OC)cc1/C=C/C(=O)OCC(=O)c1ccc(NC(=O)CC(C)C)cc1. The van der Waals surface area contributed by atoms with E-state index in [2.05, 4.69) is 5.32 Å². The molecule has 33 heavy (non-hydrogen) atoms. The van der Waals surface area contributed by atoms with Crippen molar-refractivity contribution in [2.45, 2.75) is 20.3 Å². The lowest BCUT2D eigenvalue weighted by Crippen LogP contribution is -2.14. The summed E-state index contributed by atoms with van der Waals surface area (Å²) in [6, 6.07) is 9.72. The number of nitrogens with one attached hydrogen (secondary N) is 1. The van der Waals surface area contributed by atoms with Crippen LogP contribution in [0.4, 0.5) is 5.69 Å². The molecule has 0 aliphatic rings. The monoisotopic (exact) mass is 455 g/mol. The largest absolute Gasteiger partial charge is 0.496 e. The number of carbonyl (C=O) groups is 3. The number of hydrogen-bond acceptors (Lipinski definition) is 7. The highest BCUT2D eigenvalue weighted by molar-refractivity contribution is 5.99. The van der Waals surface area contributed by atoms with Gasteiger partial charge in [0.05, 0.1) is 21.3 Å². The van der Waals surface area contributed by atoms with Crippen molar-refractivity contribution < 1.29 is 33.3 Å². The Morgan fingerprint density at radius 1 is 0.909 bits per heavy atom. The van der Waals surface area contributed by atoms with Crippen molar-refractivity contribution in [2.75, 3.05) is 33.3 Å². The molecule has 1 N–H and O–H groups in total. The fourth-order valence-corrected chi connectivity index (χ4v) is 2.93. The summed E-state index contributed by atoms with van der Waals surface area (Å²) in [4.78, 5) is 36.2.